The van der Waals surface area contributed by atoms with E-state index in [0.29, 0.717) is 33.8 Å². The number of nitro benzene ring substituents is 1. The number of halogens is 1. The third-order valence-corrected chi connectivity index (χ3v) is 5.25. The Kier molecular flexibility index (Phi) is 8.43. The van der Waals surface area contributed by atoms with Crippen molar-refractivity contribution in [1.29, 1.82) is 5.26 Å². The van der Waals surface area contributed by atoms with E-state index in [9.17, 15) is 25.3 Å². The summed E-state index contributed by atoms with van der Waals surface area (Å²) in [5.41, 5.74) is 1.54. The summed E-state index contributed by atoms with van der Waals surface area (Å²) in [7, 11) is 0. The van der Waals surface area contributed by atoms with Gasteiger partial charge in [-0.1, -0.05) is 0 Å². The van der Waals surface area contributed by atoms with Crippen LogP contribution in [0.3, 0.4) is 0 Å². The summed E-state index contributed by atoms with van der Waals surface area (Å²) in [5, 5.41) is 32.3. The molecule has 0 saturated heterocycles. The SMILES string of the molecule is CCOc1cc(/C=C(/C#N)C(=O)Nc2ccc(O)cc2)cc(Br)c1OCc1ccc([N+](=O)[O-])cc1. The molecule has 3 aromatic rings. The first-order valence-corrected chi connectivity index (χ1v) is 11.1. The van der Waals surface area contributed by atoms with Crippen molar-refractivity contribution < 1.29 is 24.3 Å². The first kappa shape index (κ1) is 25.3. The number of nitriles is 1. The van der Waals surface area contributed by atoms with Crippen molar-refractivity contribution in [3.63, 3.8) is 0 Å². The number of carbonyl (C=O) groups excluding carboxylic acids is 1. The summed E-state index contributed by atoms with van der Waals surface area (Å²) in [4.78, 5) is 22.9. The van der Waals surface area contributed by atoms with Gasteiger partial charge in [-0.05, 0) is 88.6 Å². The summed E-state index contributed by atoms with van der Waals surface area (Å²) in [6, 6.07) is 17.1. The summed E-state index contributed by atoms with van der Waals surface area (Å²) in [5.74, 6) is 0.259. The van der Waals surface area contributed by atoms with Crippen LogP contribution in [0.1, 0.15) is 18.1 Å². The molecular formula is C25H20BrN3O6. The number of nitro groups is 1. The second-order valence-corrected chi connectivity index (χ2v) is 8.00. The maximum absolute atomic E-state index is 12.5. The zero-order valence-electron chi connectivity index (χ0n) is 18.5. The van der Waals surface area contributed by atoms with Gasteiger partial charge in [0.05, 0.1) is 16.0 Å². The van der Waals surface area contributed by atoms with Crippen molar-refractivity contribution in [2.24, 2.45) is 0 Å². The van der Waals surface area contributed by atoms with Crippen molar-refractivity contribution in [1.82, 2.24) is 0 Å². The van der Waals surface area contributed by atoms with Gasteiger partial charge in [0.1, 0.15) is 24.0 Å². The fourth-order valence-corrected chi connectivity index (χ4v) is 3.58. The van der Waals surface area contributed by atoms with Crippen molar-refractivity contribution >= 4 is 39.3 Å². The van der Waals surface area contributed by atoms with Crippen LogP contribution in [-0.2, 0) is 11.4 Å². The first-order valence-electron chi connectivity index (χ1n) is 10.4. The maximum Gasteiger partial charge on any atom is 0.269 e. The fraction of sp³-hybridized carbons (Fsp3) is 0.120. The molecule has 0 heterocycles. The van der Waals surface area contributed by atoms with Gasteiger partial charge in [-0.15, -0.1) is 0 Å². The lowest BCUT2D eigenvalue weighted by atomic mass is 10.1. The van der Waals surface area contributed by atoms with Crippen LogP contribution < -0.4 is 14.8 Å². The summed E-state index contributed by atoms with van der Waals surface area (Å²) >= 11 is 3.45. The molecule has 0 saturated carbocycles. The van der Waals surface area contributed by atoms with Crippen molar-refractivity contribution in [2.45, 2.75) is 13.5 Å². The van der Waals surface area contributed by atoms with Crippen LogP contribution in [0.4, 0.5) is 11.4 Å². The number of nitrogens with zero attached hydrogens (tertiary/aromatic N) is 2. The number of carbonyl (C=O) groups is 1. The molecule has 10 heteroatoms. The number of hydrogen-bond acceptors (Lipinski definition) is 7. The van der Waals surface area contributed by atoms with E-state index in [2.05, 4.69) is 21.2 Å². The minimum Gasteiger partial charge on any atom is -0.508 e. The predicted molar refractivity (Wildman–Crippen MR) is 133 cm³/mol. The highest BCUT2D eigenvalue weighted by Crippen LogP contribution is 2.38. The van der Waals surface area contributed by atoms with Crippen LogP contribution in [0.25, 0.3) is 6.08 Å². The van der Waals surface area contributed by atoms with Gasteiger partial charge < -0.3 is 19.9 Å². The van der Waals surface area contributed by atoms with Crippen molar-refractivity contribution in [3.05, 3.63) is 92.0 Å². The van der Waals surface area contributed by atoms with Gasteiger partial charge in [0.25, 0.3) is 11.6 Å². The largest absolute Gasteiger partial charge is 0.508 e. The van der Waals surface area contributed by atoms with Crippen molar-refractivity contribution in [3.8, 4) is 23.3 Å². The van der Waals surface area contributed by atoms with Gasteiger partial charge in [-0.3, -0.25) is 14.9 Å². The third kappa shape index (κ3) is 6.82. The molecule has 0 spiro atoms. The number of aromatic hydroxyl groups is 1. The number of phenolic OH excluding ortho intramolecular Hbond substituents is 1. The average Bonchev–Trinajstić information content (AvgIpc) is 2.83. The second-order valence-electron chi connectivity index (χ2n) is 7.15. The number of phenols is 1. The predicted octanol–water partition coefficient (Wildman–Crippen LogP) is 5.59. The average molecular weight is 538 g/mol. The van der Waals surface area contributed by atoms with Gasteiger partial charge in [0.2, 0.25) is 0 Å². The number of benzene rings is 3. The molecule has 0 atom stereocenters. The highest BCUT2D eigenvalue weighted by Gasteiger charge is 2.15. The molecule has 2 N–H and O–H groups in total. The Morgan fingerprint density at radius 1 is 1.17 bits per heavy atom. The van der Waals surface area contributed by atoms with E-state index in [4.69, 9.17) is 9.47 Å². The Morgan fingerprint density at radius 3 is 2.46 bits per heavy atom. The molecule has 0 radical (unpaired) electrons. The lowest BCUT2D eigenvalue weighted by molar-refractivity contribution is -0.384. The van der Waals surface area contributed by atoms with E-state index in [1.807, 2.05) is 13.0 Å². The maximum atomic E-state index is 12.5. The molecule has 3 aromatic carbocycles. The van der Waals surface area contributed by atoms with E-state index in [1.165, 1.54) is 42.5 Å². The highest BCUT2D eigenvalue weighted by molar-refractivity contribution is 9.10. The van der Waals surface area contributed by atoms with E-state index in [0.717, 1.165) is 5.56 Å². The standard InChI is InChI=1S/C25H20BrN3O6/c1-2-34-23-13-17(11-18(14-27)25(31)28-19-5-9-21(30)10-6-19)12-22(26)24(23)35-15-16-3-7-20(8-4-16)29(32)33/h3-13,30H,2,15H2,1H3,(H,28,31)/b18-11-. The Hall–Kier alpha value is -4.36. The second kappa shape index (κ2) is 11.7. The molecule has 35 heavy (non-hydrogen) atoms. The smallest absolute Gasteiger partial charge is 0.269 e. The van der Waals surface area contributed by atoms with Crippen LogP contribution in [0.5, 0.6) is 17.2 Å². The first-order chi connectivity index (χ1) is 16.8. The molecular weight excluding hydrogens is 518 g/mol. The molecule has 9 nitrogen and oxygen atoms in total. The number of rotatable bonds is 9. The quantitative estimate of drug-likeness (QED) is 0.119. The normalized spacial score (nSPS) is 10.8. The molecule has 0 fully saturated rings. The molecule has 0 bridgehead atoms. The van der Waals surface area contributed by atoms with E-state index >= 15 is 0 Å². The molecule has 0 aliphatic carbocycles. The molecule has 0 aromatic heterocycles. The lowest BCUT2D eigenvalue weighted by Gasteiger charge is -2.15. The number of nitrogens with one attached hydrogen (secondary N) is 1. The monoisotopic (exact) mass is 537 g/mol. The number of anilines is 1. The summed E-state index contributed by atoms with van der Waals surface area (Å²) < 4.78 is 12.1. The van der Waals surface area contributed by atoms with Crippen LogP contribution in [0.15, 0.2) is 70.7 Å². The number of ether oxygens (including phenoxy) is 2. The number of amides is 1. The van der Waals surface area contributed by atoms with Crippen LogP contribution in [0, 0.1) is 21.4 Å². The van der Waals surface area contributed by atoms with E-state index < -0.39 is 10.8 Å². The zero-order chi connectivity index (χ0) is 25.4. The Bertz CT molecular complexity index is 1300. The Balaban J connectivity index is 1.81. The van der Waals surface area contributed by atoms with Gasteiger partial charge >= 0.3 is 0 Å². The number of hydrogen-bond donors (Lipinski definition) is 2. The van der Waals surface area contributed by atoms with Gasteiger partial charge in [0.15, 0.2) is 11.5 Å². The molecule has 1 amide bonds. The minimum absolute atomic E-state index is 0.0104. The lowest BCUT2D eigenvalue weighted by Crippen LogP contribution is -2.13. The number of non-ortho nitro benzene ring substituents is 1. The Labute approximate surface area is 209 Å². The van der Waals surface area contributed by atoms with E-state index in [-0.39, 0.29) is 23.6 Å². The molecule has 0 unspecified atom stereocenters. The summed E-state index contributed by atoms with van der Waals surface area (Å²) in [6.45, 7) is 2.30. The van der Waals surface area contributed by atoms with Crippen LogP contribution in [-0.4, -0.2) is 22.5 Å². The zero-order valence-corrected chi connectivity index (χ0v) is 20.1. The van der Waals surface area contributed by atoms with Crippen molar-refractivity contribution in [2.75, 3.05) is 11.9 Å². The van der Waals surface area contributed by atoms with Gasteiger partial charge in [-0.25, -0.2) is 0 Å². The van der Waals surface area contributed by atoms with Crippen LogP contribution >= 0.6 is 15.9 Å². The molecule has 0 aliphatic rings. The molecule has 178 valence electrons. The molecule has 3 rings (SSSR count). The van der Waals surface area contributed by atoms with Gasteiger partial charge in [-0.2, -0.15) is 5.26 Å². The summed E-state index contributed by atoms with van der Waals surface area (Å²) in [6.07, 6.45) is 1.42. The third-order valence-electron chi connectivity index (χ3n) is 4.66. The van der Waals surface area contributed by atoms with Gasteiger partial charge in [0, 0.05) is 17.8 Å². The topological polar surface area (TPSA) is 135 Å². The minimum atomic E-state index is -0.606. The Morgan fingerprint density at radius 2 is 1.86 bits per heavy atom. The van der Waals surface area contributed by atoms with Crippen LogP contribution in [0.2, 0.25) is 0 Å². The van der Waals surface area contributed by atoms with E-state index in [1.54, 1.807) is 24.3 Å². The molecule has 0 aliphatic heterocycles. The highest BCUT2D eigenvalue weighted by atomic mass is 79.9. The fourth-order valence-electron chi connectivity index (χ4n) is 3.00.